The molecule has 0 amide bonds. The molecular formula is C24H44O10. The fourth-order valence-electron chi connectivity index (χ4n) is 2.36. The number of carbonyl (C=O) groups is 4. The summed E-state index contributed by atoms with van der Waals surface area (Å²) < 4.78 is 20.7. The second kappa shape index (κ2) is 27.0. The molecular weight excluding hydrogens is 448 g/mol. The Morgan fingerprint density at radius 2 is 0.853 bits per heavy atom. The third kappa shape index (κ3) is 32.0. The maximum Gasteiger partial charge on any atom is 0.305 e. The molecule has 200 valence electrons. The van der Waals surface area contributed by atoms with E-state index in [9.17, 15) is 19.2 Å². The first-order valence-electron chi connectivity index (χ1n) is 12.2. The van der Waals surface area contributed by atoms with Crippen molar-refractivity contribution in [2.45, 2.75) is 90.9 Å². The van der Waals surface area contributed by atoms with Crippen LogP contribution in [-0.2, 0) is 38.1 Å². The average Bonchev–Trinajstić information content (AvgIpc) is 2.79. The molecule has 0 aromatic heterocycles. The maximum atomic E-state index is 11.5. The largest absolute Gasteiger partial charge is 0.481 e. The van der Waals surface area contributed by atoms with Gasteiger partial charge < -0.3 is 29.2 Å². The number of hydrogen-bond acceptors (Lipinski definition) is 8. The summed E-state index contributed by atoms with van der Waals surface area (Å²) in [6, 6.07) is 0. The van der Waals surface area contributed by atoms with Gasteiger partial charge in [0.2, 0.25) is 0 Å². The fraction of sp³-hybridized carbons (Fsp3) is 0.833. The lowest BCUT2D eigenvalue weighted by Gasteiger charge is -2.07. The van der Waals surface area contributed by atoms with Crippen molar-refractivity contribution >= 4 is 23.9 Å². The van der Waals surface area contributed by atoms with Crippen molar-refractivity contribution in [3.05, 3.63) is 0 Å². The Hall–Kier alpha value is -2.20. The van der Waals surface area contributed by atoms with Gasteiger partial charge in [0.25, 0.3) is 0 Å². The number of aliphatic carboxylic acids is 2. The van der Waals surface area contributed by atoms with E-state index in [1.807, 2.05) is 0 Å². The smallest absolute Gasteiger partial charge is 0.305 e. The van der Waals surface area contributed by atoms with Crippen molar-refractivity contribution in [1.29, 1.82) is 0 Å². The quantitative estimate of drug-likeness (QED) is 0.168. The van der Waals surface area contributed by atoms with E-state index in [4.69, 9.17) is 29.2 Å². The minimum Gasteiger partial charge on any atom is -0.481 e. The number of esters is 2. The van der Waals surface area contributed by atoms with E-state index in [0.29, 0.717) is 78.2 Å². The number of unbranched alkanes of at least 4 members (excludes halogenated alkanes) is 4. The molecule has 0 saturated heterocycles. The predicted octanol–water partition coefficient (Wildman–Crippen LogP) is 3.98. The van der Waals surface area contributed by atoms with Crippen molar-refractivity contribution in [2.24, 2.45) is 0 Å². The Kier molecular flexibility index (Phi) is 27.0. The van der Waals surface area contributed by atoms with Gasteiger partial charge in [0.05, 0.1) is 13.2 Å². The van der Waals surface area contributed by atoms with Gasteiger partial charge in [-0.1, -0.05) is 26.7 Å². The highest BCUT2D eigenvalue weighted by molar-refractivity contribution is 5.70. The Morgan fingerprint density at radius 3 is 1.18 bits per heavy atom. The van der Waals surface area contributed by atoms with Crippen LogP contribution < -0.4 is 0 Å². The number of carboxylic acids is 2. The molecule has 0 saturated carbocycles. The van der Waals surface area contributed by atoms with E-state index in [-0.39, 0.29) is 24.8 Å². The number of ether oxygens (including phenoxy) is 4. The second-order valence-electron chi connectivity index (χ2n) is 7.57. The number of hydrogen-bond donors (Lipinski definition) is 2. The van der Waals surface area contributed by atoms with Gasteiger partial charge in [-0.3, -0.25) is 19.2 Å². The molecule has 0 bridgehead atoms. The lowest BCUT2D eigenvalue weighted by Crippen LogP contribution is -2.12. The fourth-order valence-corrected chi connectivity index (χ4v) is 2.36. The van der Waals surface area contributed by atoms with Crippen LogP contribution in [0.3, 0.4) is 0 Å². The van der Waals surface area contributed by atoms with E-state index in [0.717, 1.165) is 25.7 Å². The van der Waals surface area contributed by atoms with Crippen LogP contribution in [0.25, 0.3) is 0 Å². The minimum absolute atomic E-state index is 0.0628. The Balaban J connectivity index is 0. The van der Waals surface area contributed by atoms with Gasteiger partial charge in [0.1, 0.15) is 13.2 Å². The molecule has 0 atom stereocenters. The van der Waals surface area contributed by atoms with Gasteiger partial charge in [0.15, 0.2) is 0 Å². The van der Waals surface area contributed by atoms with E-state index in [1.54, 1.807) is 0 Å². The zero-order valence-electron chi connectivity index (χ0n) is 20.9. The third-order valence-corrected chi connectivity index (χ3v) is 4.31. The SMILES string of the molecule is CCCCOCCOC(=O)CCCCC(=O)OCCOCCCC.O=C(O)CCCCC(=O)O. The van der Waals surface area contributed by atoms with Gasteiger partial charge in [-0.2, -0.15) is 0 Å². The number of rotatable bonds is 22. The van der Waals surface area contributed by atoms with E-state index in [2.05, 4.69) is 13.8 Å². The first kappa shape index (κ1) is 34.0. The highest BCUT2D eigenvalue weighted by Crippen LogP contribution is 2.03. The normalized spacial score (nSPS) is 10.2. The summed E-state index contributed by atoms with van der Waals surface area (Å²) in [4.78, 5) is 42.7. The monoisotopic (exact) mass is 492 g/mol. The zero-order chi connectivity index (χ0) is 25.9. The molecule has 10 heteroatoms. The van der Waals surface area contributed by atoms with Crippen LogP contribution in [0.2, 0.25) is 0 Å². The van der Waals surface area contributed by atoms with Crippen LogP contribution in [0.4, 0.5) is 0 Å². The number of carboxylic acid groups (broad SMARTS) is 2. The topological polar surface area (TPSA) is 146 Å². The lowest BCUT2D eigenvalue weighted by atomic mass is 10.2. The summed E-state index contributed by atoms with van der Waals surface area (Å²) in [5.41, 5.74) is 0. The van der Waals surface area contributed by atoms with Crippen LogP contribution in [0.1, 0.15) is 90.9 Å². The van der Waals surface area contributed by atoms with Crippen LogP contribution >= 0.6 is 0 Å². The summed E-state index contributed by atoms with van der Waals surface area (Å²) in [6.45, 7) is 7.09. The van der Waals surface area contributed by atoms with Gasteiger partial charge >= 0.3 is 23.9 Å². The molecule has 34 heavy (non-hydrogen) atoms. The highest BCUT2D eigenvalue weighted by Gasteiger charge is 2.06. The maximum absolute atomic E-state index is 11.5. The molecule has 2 N–H and O–H groups in total. The average molecular weight is 493 g/mol. The highest BCUT2D eigenvalue weighted by atomic mass is 16.6. The first-order valence-corrected chi connectivity index (χ1v) is 12.2. The molecule has 0 aliphatic heterocycles. The van der Waals surface area contributed by atoms with Crippen LogP contribution in [0, 0.1) is 0 Å². The second-order valence-corrected chi connectivity index (χ2v) is 7.57. The molecule has 0 heterocycles. The van der Waals surface area contributed by atoms with Crippen molar-refractivity contribution < 1.29 is 48.3 Å². The van der Waals surface area contributed by atoms with Gasteiger partial charge in [-0.15, -0.1) is 0 Å². The lowest BCUT2D eigenvalue weighted by molar-refractivity contribution is -0.147. The molecule has 0 aromatic rings. The summed E-state index contributed by atoms with van der Waals surface area (Å²) >= 11 is 0. The Labute approximate surface area is 203 Å². The van der Waals surface area contributed by atoms with Gasteiger partial charge in [-0.25, -0.2) is 0 Å². The Bertz CT molecular complexity index is 476. The standard InChI is InChI=1S/C18H34O6.C6H10O4/c1-3-5-11-21-13-15-23-17(19)9-7-8-10-18(20)24-16-14-22-12-6-4-2;7-5(8)3-1-2-4-6(9)10/h3-16H2,1-2H3;1-4H2,(H,7,8)(H,9,10). The molecule has 0 fully saturated rings. The summed E-state index contributed by atoms with van der Waals surface area (Å²) in [7, 11) is 0. The molecule has 0 aliphatic carbocycles. The third-order valence-electron chi connectivity index (χ3n) is 4.31. The van der Waals surface area contributed by atoms with Gasteiger partial charge in [0, 0.05) is 38.9 Å². The van der Waals surface area contributed by atoms with E-state index in [1.165, 1.54) is 0 Å². The van der Waals surface area contributed by atoms with Crippen LogP contribution in [-0.4, -0.2) is 73.7 Å². The number of carbonyl (C=O) groups excluding carboxylic acids is 2. The molecule has 0 radical (unpaired) electrons. The minimum atomic E-state index is -0.870. The predicted molar refractivity (Wildman–Crippen MR) is 126 cm³/mol. The summed E-state index contributed by atoms with van der Waals surface area (Å²) in [5, 5.41) is 16.3. The summed E-state index contributed by atoms with van der Waals surface area (Å²) in [6.07, 6.45) is 7.13. The molecule has 0 unspecified atom stereocenters. The van der Waals surface area contributed by atoms with E-state index < -0.39 is 11.9 Å². The zero-order valence-corrected chi connectivity index (χ0v) is 20.9. The van der Waals surface area contributed by atoms with Crippen molar-refractivity contribution in [1.82, 2.24) is 0 Å². The Morgan fingerprint density at radius 1 is 0.500 bits per heavy atom. The van der Waals surface area contributed by atoms with Crippen molar-refractivity contribution in [3.63, 3.8) is 0 Å². The van der Waals surface area contributed by atoms with Crippen molar-refractivity contribution in [2.75, 3.05) is 39.6 Å². The van der Waals surface area contributed by atoms with Crippen LogP contribution in [0.15, 0.2) is 0 Å². The van der Waals surface area contributed by atoms with Gasteiger partial charge in [-0.05, 0) is 38.5 Å². The molecule has 0 aliphatic rings. The van der Waals surface area contributed by atoms with Crippen LogP contribution in [0.5, 0.6) is 0 Å². The molecule has 10 nitrogen and oxygen atoms in total. The molecule has 0 spiro atoms. The first-order chi connectivity index (χ1) is 16.3. The summed E-state index contributed by atoms with van der Waals surface area (Å²) in [5.74, 6) is -2.23. The van der Waals surface area contributed by atoms with Crippen molar-refractivity contribution in [3.8, 4) is 0 Å². The molecule has 0 rings (SSSR count). The van der Waals surface area contributed by atoms with E-state index >= 15 is 0 Å². The molecule has 0 aromatic carbocycles.